The van der Waals surface area contributed by atoms with Gasteiger partial charge < -0.3 is 10.6 Å². The Morgan fingerprint density at radius 3 is 1.85 bits per heavy atom. The molecule has 2 aromatic carbocycles. The van der Waals surface area contributed by atoms with Crippen molar-refractivity contribution in [2.45, 2.75) is 32.0 Å². The number of hydrogen-bond donors (Lipinski definition) is 2. The van der Waals surface area contributed by atoms with E-state index >= 15 is 0 Å². The number of nitrogens with one attached hydrogen (secondary N) is 2. The lowest BCUT2D eigenvalue weighted by Gasteiger charge is -2.26. The molecular formula is C21H29Cl2N3O. The summed E-state index contributed by atoms with van der Waals surface area (Å²) in [5, 5.41) is 6.53. The maximum atomic E-state index is 12.5. The van der Waals surface area contributed by atoms with Crippen molar-refractivity contribution in [3.8, 4) is 0 Å². The topological polar surface area (TPSA) is 44.4 Å². The fraction of sp³-hybridized carbons (Fsp3) is 0.381. The predicted molar refractivity (Wildman–Crippen MR) is 116 cm³/mol. The quantitative estimate of drug-likeness (QED) is 0.736. The van der Waals surface area contributed by atoms with Crippen LogP contribution in [0, 0.1) is 0 Å². The average Bonchev–Trinajstić information content (AvgIpc) is 2.64. The number of nitrogens with zero attached hydrogens (tertiary/aromatic N) is 1. The molecule has 4 nitrogen and oxygen atoms in total. The Kier molecular flexibility index (Phi) is 11.1. The molecule has 0 spiro atoms. The molecule has 2 N–H and O–H groups in total. The Balaban J connectivity index is 0.00000182. The van der Waals surface area contributed by atoms with E-state index in [4.69, 9.17) is 0 Å². The van der Waals surface area contributed by atoms with Crippen molar-refractivity contribution in [2.75, 3.05) is 19.6 Å². The van der Waals surface area contributed by atoms with Crippen LogP contribution < -0.4 is 10.6 Å². The van der Waals surface area contributed by atoms with Crippen LogP contribution in [0.1, 0.15) is 24.0 Å². The zero-order valence-corrected chi connectivity index (χ0v) is 17.1. The lowest BCUT2D eigenvalue weighted by Crippen LogP contribution is -2.46. The van der Waals surface area contributed by atoms with E-state index < -0.39 is 0 Å². The minimum Gasteiger partial charge on any atom is -0.352 e. The minimum absolute atomic E-state index is 0. The molecule has 1 aliphatic heterocycles. The second-order valence-electron chi connectivity index (χ2n) is 6.71. The monoisotopic (exact) mass is 409 g/mol. The zero-order valence-electron chi connectivity index (χ0n) is 15.5. The largest absolute Gasteiger partial charge is 0.352 e. The van der Waals surface area contributed by atoms with E-state index in [1.165, 1.54) is 11.1 Å². The standard InChI is InChI=1S/C21H27N3O.2ClH/c25-21(23-20-11-13-22-14-12-20)17-24(15-18-7-3-1-4-8-18)16-19-9-5-2-6-10-19;;/h1-10,20,22H,11-17H2,(H,23,25);2*1H. The summed E-state index contributed by atoms with van der Waals surface area (Å²) in [5.41, 5.74) is 2.46. The van der Waals surface area contributed by atoms with Crippen LogP contribution in [0.3, 0.4) is 0 Å². The molecule has 1 aliphatic rings. The third-order valence-corrected chi connectivity index (χ3v) is 4.57. The van der Waals surface area contributed by atoms with Gasteiger partial charge in [0.25, 0.3) is 0 Å². The van der Waals surface area contributed by atoms with Crippen LogP contribution in [-0.2, 0) is 17.9 Å². The number of hydrogen-bond acceptors (Lipinski definition) is 3. The Hall–Kier alpha value is -1.59. The van der Waals surface area contributed by atoms with Crippen molar-refractivity contribution in [3.05, 3.63) is 71.8 Å². The number of rotatable bonds is 7. The molecule has 0 atom stereocenters. The van der Waals surface area contributed by atoms with Crippen molar-refractivity contribution in [1.82, 2.24) is 15.5 Å². The smallest absolute Gasteiger partial charge is 0.234 e. The van der Waals surface area contributed by atoms with Crippen molar-refractivity contribution in [2.24, 2.45) is 0 Å². The summed E-state index contributed by atoms with van der Waals surface area (Å²) >= 11 is 0. The zero-order chi connectivity index (χ0) is 17.3. The highest BCUT2D eigenvalue weighted by Gasteiger charge is 2.18. The molecule has 3 rings (SSSR count). The summed E-state index contributed by atoms with van der Waals surface area (Å²) < 4.78 is 0. The second kappa shape index (κ2) is 12.7. The van der Waals surface area contributed by atoms with E-state index in [-0.39, 0.29) is 30.7 Å². The molecule has 27 heavy (non-hydrogen) atoms. The molecular weight excluding hydrogens is 381 g/mol. The fourth-order valence-corrected chi connectivity index (χ4v) is 3.29. The van der Waals surface area contributed by atoms with Gasteiger partial charge in [0.05, 0.1) is 6.54 Å². The molecule has 0 bridgehead atoms. The van der Waals surface area contributed by atoms with Crippen LogP contribution in [0.5, 0.6) is 0 Å². The average molecular weight is 410 g/mol. The first kappa shape index (κ1) is 23.4. The highest BCUT2D eigenvalue weighted by Crippen LogP contribution is 2.10. The van der Waals surface area contributed by atoms with E-state index in [0.29, 0.717) is 12.6 Å². The molecule has 1 amide bonds. The van der Waals surface area contributed by atoms with Crippen LogP contribution >= 0.6 is 24.8 Å². The molecule has 1 fully saturated rings. The molecule has 6 heteroatoms. The molecule has 0 radical (unpaired) electrons. The third kappa shape index (κ3) is 8.31. The fourth-order valence-electron chi connectivity index (χ4n) is 3.29. The Bertz CT molecular complexity index is 607. The van der Waals surface area contributed by atoms with Crippen molar-refractivity contribution < 1.29 is 4.79 Å². The summed E-state index contributed by atoms with van der Waals surface area (Å²) in [7, 11) is 0. The van der Waals surface area contributed by atoms with E-state index in [2.05, 4.69) is 39.8 Å². The first-order valence-corrected chi connectivity index (χ1v) is 9.10. The highest BCUT2D eigenvalue weighted by atomic mass is 35.5. The first-order chi connectivity index (χ1) is 12.3. The van der Waals surface area contributed by atoms with Crippen LogP contribution in [0.25, 0.3) is 0 Å². The predicted octanol–water partition coefficient (Wildman–Crippen LogP) is 3.40. The van der Waals surface area contributed by atoms with Gasteiger partial charge >= 0.3 is 0 Å². The molecule has 0 aromatic heterocycles. The van der Waals surface area contributed by atoms with E-state index in [1.54, 1.807) is 0 Å². The molecule has 1 heterocycles. The van der Waals surface area contributed by atoms with Gasteiger partial charge in [-0.3, -0.25) is 9.69 Å². The van der Waals surface area contributed by atoms with Crippen LogP contribution in [-0.4, -0.2) is 36.5 Å². The van der Waals surface area contributed by atoms with Gasteiger partial charge in [0.2, 0.25) is 5.91 Å². The Morgan fingerprint density at radius 2 is 1.37 bits per heavy atom. The highest BCUT2D eigenvalue weighted by molar-refractivity contribution is 5.85. The van der Waals surface area contributed by atoms with Gasteiger partial charge in [0.1, 0.15) is 0 Å². The van der Waals surface area contributed by atoms with Gasteiger partial charge in [-0.15, -0.1) is 24.8 Å². The van der Waals surface area contributed by atoms with Gasteiger partial charge in [-0.05, 0) is 37.1 Å². The number of piperidine rings is 1. The lowest BCUT2D eigenvalue weighted by molar-refractivity contribution is -0.123. The summed E-state index contributed by atoms with van der Waals surface area (Å²) in [6.07, 6.45) is 2.03. The maximum absolute atomic E-state index is 12.5. The molecule has 0 unspecified atom stereocenters. The van der Waals surface area contributed by atoms with Gasteiger partial charge in [-0.2, -0.15) is 0 Å². The van der Waals surface area contributed by atoms with E-state index in [1.807, 2.05) is 36.4 Å². The summed E-state index contributed by atoms with van der Waals surface area (Å²) in [4.78, 5) is 14.7. The third-order valence-electron chi connectivity index (χ3n) is 4.57. The number of halogens is 2. The van der Waals surface area contributed by atoms with Crippen molar-refractivity contribution >= 4 is 30.7 Å². The summed E-state index contributed by atoms with van der Waals surface area (Å²) in [5.74, 6) is 0.124. The van der Waals surface area contributed by atoms with Gasteiger partial charge in [0, 0.05) is 19.1 Å². The first-order valence-electron chi connectivity index (χ1n) is 9.10. The second-order valence-corrected chi connectivity index (χ2v) is 6.71. The molecule has 2 aromatic rings. The van der Waals surface area contributed by atoms with Crippen molar-refractivity contribution in [3.63, 3.8) is 0 Å². The van der Waals surface area contributed by atoms with Crippen molar-refractivity contribution in [1.29, 1.82) is 0 Å². The van der Waals surface area contributed by atoms with E-state index in [9.17, 15) is 4.79 Å². The van der Waals surface area contributed by atoms with Crippen LogP contribution in [0.15, 0.2) is 60.7 Å². The maximum Gasteiger partial charge on any atom is 0.234 e. The van der Waals surface area contributed by atoms with Gasteiger partial charge in [-0.25, -0.2) is 0 Å². The lowest BCUT2D eigenvalue weighted by atomic mass is 10.1. The van der Waals surface area contributed by atoms with Crippen LogP contribution in [0.4, 0.5) is 0 Å². The normalized spacial score (nSPS) is 14.1. The molecule has 0 aliphatic carbocycles. The summed E-state index contributed by atoms with van der Waals surface area (Å²) in [6.45, 7) is 3.95. The van der Waals surface area contributed by atoms with E-state index in [0.717, 1.165) is 39.0 Å². The molecule has 0 saturated carbocycles. The number of amides is 1. The number of benzene rings is 2. The SMILES string of the molecule is Cl.Cl.O=C(CN(Cc1ccccc1)Cc1ccccc1)NC1CCNCC1. The van der Waals surface area contributed by atoms with Crippen LogP contribution in [0.2, 0.25) is 0 Å². The Morgan fingerprint density at radius 1 is 0.889 bits per heavy atom. The number of carbonyl (C=O) groups is 1. The molecule has 148 valence electrons. The number of carbonyl (C=O) groups excluding carboxylic acids is 1. The van der Waals surface area contributed by atoms with Gasteiger partial charge in [0.15, 0.2) is 0 Å². The van der Waals surface area contributed by atoms with Gasteiger partial charge in [-0.1, -0.05) is 60.7 Å². The molecule has 1 saturated heterocycles. The summed E-state index contributed by atoms with van der Waals surface area (Å²) in [6, 6.07) is 21.0. The Labute approximate surface area is 174 Å². The minimum atomic E-state index is 0.